The van der Waals surface area contributed by atoms with Crippen molar-refractivity contribution in [2.24, 2.45) is 5.92 Å². The Balaban J connectivity index is 0.00000529. The number of ketones is 1. The Bertz CT molecular complexity index is 408. The van der Waals surface area contributed by atoms with Crippen molar-refractivity contribution in [3.05, 3.63) is 17.9 Å². The molecule has 1 radical (unpaired) electrons. The van der Waals surface area contributed by atoms with Gasteiger partial charge >= 0.3 is 0 Å². The predicted molar refractivity (Wildman–Crippen MR) is 90.1 cm³/mol. The smallest absolute Gasteiger partial charge is 0.154 e. The maximum Gasteiger partial charge on any atom is 0.154 e. The van der Waals surface area contributed by atoms with Gasteiger partial charge in [0.15, 0.2) is 6.29 Å². The number of Topliss-reactive ketones (excluding diaryl/α,β-unsaturated/α-hetero) is 1. The average molecular weight is 554 g/mol. The summed E-state index contributed by atoms with van der Waals surface area (Å²) in [6, 6.07) is -1.15. The van der Waals surface area contributed by atoms with E-state index in [-0.39, 0.29) is 74.5 Å². The summed E-state index contributed by atoms with van der Waals surface area (Å²) in [6.45, 7) is 7.74. The number of nitrogens with one attached hydrogen (secondary N) is 1. The number of hydrogen-bond donors (Lipinski definition) is 1. The molecule has 1 heterocycles. The van der Waals surface area contributed by atoms with E-state index in [9.17, 15) is 9.90 Å². The van der Waals surface area contributed by atoms with E-state index in [1.54, 1.807) is 13.8 Å². The molecule has 1 rings (SSSR count). The third-order valence-corrected chi connectivity index (χ3v) is 4.49. The minimum absolute atomic E-state index is 0. The van der Waals surface area contributed by atoms with Gasteiger partial charge in [-0.3, -0.25) is 9.69 Å². The van der Waals surface area contributed by atoms with Gasteiger partial charge in [-0.1, -0.05) is 18.2 Å². The van der Waals surface area contributed by atoms with Crippen molar-refractivity contribution >= 4 is 5.78 Å². The summed E-state index contributed by atoms with van der Waals surface area (Å²) in [5.74, 6) is 0.188. The molecule has 0 aromatic rings. The quantitative estimate of drug-likeness (QED) is 0.349. The Hall–Kier alpha value is 0.652. The van der Waals surface area contributed by atoms with Crippen LogP contribution in [0.2, 0.25) is 0 Å². The molecular formula is C17H31AcN2O4-. The van der Waals surface area contributed by atoms with Gasteiger partial charge in [0.1, 0.15) is 5.78 Å². The zero-order chi connectivity index (χ0) is 17.6. The first-order chi connectivity index (χ1) is 10.8. The van der Waals surface area contributed by atoms with Crippen LogP contribution in [0.1, 0.15) is 34.1 Å². The van der Waals surface area contributed by atoms with E-state index in [0.717, 1.165) is 0 Å². The first kappa shape index (κ1) is 24.7. The van der Waals surface area contributed by atoms with E-state index in [4.69, 9.17) is 15.2 Å². The second kappa shape index (κ2) is 12.1. The molecule has 6 nitrogen and oxygen atoms in total. The monoisotopic (exact) mass is 554 g/mol. The number of nitrogens with zero attached hydrogens (tertiary/aromatic N) is 1. The van der Waals surface area contributed by atoms with E-state index >= 15 is 0 Å². The summed E-state index contributed by atoms with van der Waals surface area (Å²) < 4.78 is 10.7. The molecular weight excluding hydrogens is 523 g/mol. The number of ether oxygens (including phenoxy) is 2. The Morgan fingerprint density at radius 1 is 1.46 bits per heavy atom. The molecule has 1 unspecified atom stereocenters. The van der Waals surface area contributed by atoms with Crippen molar-refractivity contribution in [2.75, 3.05) is 20.3 Å². The molecule has 1 fully saturated rings. The number of aliphatic hydroxyl groups is 1. The Kier molecular flexibility index (Phi) is 12.4. The van der Waals surface area contributed by atoms with Crippen molar-refractivity contribution < 1.29 is 63.4 Å². The molecule has 1 aliphatic rings. The maximum atomic E-state index is 11.8. The Morgan fingerprint density at radius 3 is 2.58 bits per heavy atom. The van der Waals surface area contributed by atoms with Crippen LogP contribution in [-0.2, 0) is 14.3 Å². The number of carbonyl (C=O) groups excluding carboxylic acids is 1. The molecule has 0 saturated carbocycles. The molecule has 0 amide bonds. The number of allylic oxidation sites excluding steroid dienone is 1. The number of likely N-dealkylation sites (N-methyl/N-ethyl adjacent to an activating group) is 1. The summed E-state index contributed by atoms with van der Waals surface area (Å²) in [7, 11) is 1.86. The van der Waals surface area contributed by atoms with Crippen LogP contribution in [0, 0.1) is 50.0 Å². The zero-order valence-electron chi connectivity index (χ0n) is 15.4. The Morgan fingerprint density at radius 2 is 2.08 bits per heavy atom. The maximum absolute atomic E-state index is 11.8. The molecule has 7 heteroatoms. The molecule has 24 heavy (non-hydrogen) atoms. The van der Waals surface area contributed by atoms with E-state index < -0.39 is 18.4 Å². The fraction of sp³-hybridized carbons (Fsp3) is 0.824. The summed E-state index contributed by atoms with van der Waals surface area (Å²) in [5, 5.41) is 10.3. The summed E-state index contributed by atoms with van der Waals surface area (Å²) >= 11 is 0. The minimum Gasteiger partial charge on any atom is -0.671 e. The first-order valence-electron chi connectivity index (χ1n) is 8.31. The number of aliphatic hydroxyl groups excluding tert-OH is 1. The zero-order valence-corrected chi connectivity index (χ0v) is 20.2. The van der Waals surface area contributed by atoms with Crippen molar-refractivity contribution in [3.8, 4) is 0 Å². The van der Waals surface area contributed by atoms with E-state index in [1.165, 1.54) is 0 Å². The van der Waals surface area contributed by atoms with Crippen LogP contribution in [-0.4, -0.2) is 66.6 Å². The number of hydrogen-bond acceptors (Lipinski definition) is 5. The van der Waals surface area contributed by atoms with Crippen LogP contribution in [0.25, 0.3) is 5.73 Å². The van der Waals surface area contributed by atoms with Crippen LogP contribution < -0.4 is 0 Å². The second-order valence-corrected chi connectivity index (χ2v) is 6.16. The summed E-state index contributed by atoms with van der Waals surface area (Å²) in [5.41, 5.74) is 8.43. The van der Waals surface area contributed by atoms with Gasteiger partial charge in [0.05, 0.1) is 18.8 Å². The van der Waals surface area contributed by atoms with Crippen LogP contribution in [0.5, 0.6) is 0 Å². The fourth-order valence-electron chi connectivity index (χ4n) is 3.33. The largest absolute Gasteiger partial charge is 0.671 e. The summed E-state index contributed by atoms with van der Waals surface area (Å²) in [6.07, 6.45) is 3.34. The molecule has 1 saturated heterocycles. The third-order valence-electron chi connectivity index (χ3n) is 4.49. The van der Waals surface area contributed by atoms with Crippen LogP contribution >= 0.6 is 0 Å². The van der Waals surface area contributed by atoms with Crippen molar-refractivity contribution in [1.82, 2.24) is 4.90 Å². The SMILES string of the molecule is C/C=C\[C@@H]1C[C@H](C(C)=O)N(C)[C@H]1[C@@H]([NH-])[C@@H](O)COC(C)OCC.[Ac]. The molecule has 0 spiro atoms. The molecule has 0 aromatic carbocycles. The van der Waals surface area contributed by atoms with E-state index in [1.807, 2.05) is 37.9 Å². The number of likely N-dealkylation sites (tertiary alicyclic amines) is 1. The molecule has 2 N–H and O–H groups in total. The van der Waals surface area contributed by atoms with Gasteiger partial charge < -0.3 is 20.3 Å². The predicted octanol–water partition coefficient (Wildman–Crippen LogP) is 2.02. The van der Waals surface area contributed by atoms with Gasteiger partial charge in [0.25, 0.3) is 0 Å². The molecule has 0 bridgehead atoms. The van der Waals surface area contributed by atoms with Gasteiger partial charge in [-0.05, 0) is 47.1 Å². The van der Waals surface area contributed by atoms with Gasteiger partial charge in [-0.25, -0.2) is 0 Å². The second-order valence-electron chi connectivity index (χ2n) is 6.16. The van der Waals surface area contributed by atoms with Crippen LogP contribution in [0.4, 0.5) is 0 Å². The topological polar surface area (TPSA) is 82.8 Å². The molecule has 0 aromatic heterocycles. The molecule has 1 aliphatic heterocycles. The number of carbonyl (C=O) groups is 1. The van der Waals surface area contributed by atoms with Gasteiger partial charge in [0.2, 0.25) is 0 Å². The van der Waals surface area contributed by atoms with Crippen LogP contribution in [0.3, 0.4) is 0 Å². The Labute approximate surface area is 181 Å². The minimum atomic E-state index is -0.927. The van der Waals surface area contributed by atoms with E-state index in [0.29, 0.717) is 13.0 Å². The van der Waals surface area contributed by atoms with Crippen molar-refractivity contribution in [3.63, 3.8) is 0 Å². The van der Waals surface area contributed by atoms with Gasteiger partial charge in [0, 0.05) is 56.7 Å². The van der Waals surface area contributed by atoms with Crippen molar-refractivity contribution in [1.29, 1.82) is 0 Å². The first-order valence-corrected chi connectivity index (χ1v) is 8.31. The summed E-state index contributed by atoms with van der Waals surface area (Å²) in [4.78, 5) is 13.7. The van der Waals surface area contributed by atoms with Crippen LogP contribution in [0.15, 0.2) is 12.2 Å². The number of rotatable bonds is 9. The molecule has 0 aliphatic carbocycles. The average Bonchev–Trinajstić information content (AvgIpc) is 2.81. The normalized spacial score (nSPS) is 28.5. The standard InChI is InChI=1S/C17H31N2O4.Ac/c1-6-8-13-9-14(11(3)20)19(5)17(13)16(18)15(21)10-23-12(4)22-7-2;/h6,8,12-18,21H,7,9-10H2,1-5H3;/q-1;/b8-6-;/t12?,13-,14-,15+,16+,17-;/m1./s1. The van der Waals surface area contributed by atoms with E-state index in [2.05, 4.69) is 0 Å². The fourth-order valence-corrected chi connectivity index (χ4v) is 3.33. The molecule has 137 valence electrons. The van der Waals surface area contributed by atoms with Crippen molar-refractivity contribution in [2.45, 2.75) is 64.6 Å². The molecule has 6 atom stereocenters. The van der Waals surface area contributed by atoms with Gasteiger partial charge in [-0.2, -0.15) is 0 Å². The third kappa shape index (κ3) is 6.75. The van der Waals surface area contributed by atoms with Gasteiger partial charge in [-0.15, -0.1) is 0 Å².